The first-order chi connectivity index (χ1) is 8.81. The molecule has 0 aromatic rings. The van der Waals surface area contributed by atoms with Gasteiger partial charge in [0, 0.05) is 6.54 Å². The van der Waals surface area contributed by atoms with Crippen LogP contribution in [-0.4, -0.2) is 16.9 Å². The molecule has 18 heavy (non-hydrogen) atoms. The molecule has 0 saturated heterocycles. The van der Waals surface area contributed by atoms with Gasteiger partial charge < -0.3 is 5.32 Å². The van der Waals surface area contributed by atoms with Crippen LogP contribution in [0, 0.1) is 0 Å². The molecule has 0 aromatic carbocycles. The first kappa shape index (κ1) is 17.9. The summed E-state index contributed by atoms with van der Waals surface area (Å²) in [5.74, 6) is 0.118. The normalized spacial score (nSPS) is 11.0. The summed E-state index contributed by atoms with van der Waals surface area (Å²) in [6, 6.07) is 0. The van der Waals surface area contributed by atoms with Gasteiger partial charge in [0.15, 0.2) is 0 Å². The minimum Gasteiger partial charge on any atom is -0.352 e. The molecule has 0 aliphatic heterocycles. The van der Waals surface area contributed by atoms with Gasteiger partial charge in [0.2, 0.25) is 5.91 Å². The molecular weight excluding hydrogens is 337 g/mol. The van der Waals surface area contributed by atoms with Gasteiger partial charge in [-0.15, -0.1) is 0 Å². The quantitative estimate of drug-likeness (QED) is 0.232. The molecule has 0 fully saturated rings. The largest absolute Gasteiger partial charge is 0.352 e. The molecule has 3 heteroatoms. The van der Waals surface area contributed by atoms with Crippen molar-refractivity contribution < 1.29 is 4.79 Å². The summed E-state index contributed by atoms with van der Waals surface area (Å²) in [5.41, 5.74) is 0. The Morgan fingerprint density at radius 1 is 1.00 bits per heavy atom. The van der Waals surface area contributed by atoms with Crippen molar-refractivity contribution in [3.63, 3.8) is 0 Å². The van der Waals surface area contributed by atoms with Crippen molar-refractivity contribution in [1.82, 2.24) is 5.32 Å². The van der Waals surface area contributed by atoms with E-state index >= 15 is 0 Å². The van der Waals surface area contributed by atoms with Crippen molar-refractivity contribution in [3.05, 3.63) is 12.2 Å². The highest BCUT2D eigenvalue weighted by Gasteiger charge is 1.93. The molecule has 0 aliphatic rings. The van der Waals surface area contributed by atoms with E-state index in [-0.39, 0.29) is 5.91 Å². The second kappa shape index (κ2) is 15.0. The van der Waals surface area contributed by atoms with Gasteiger partial charge in [0.05, 0.1) is 4.43 Å². The van der Waals surface area contributed by atoms with Gasteiger partial charge in [-0.05, 0) is 12.8 Å². The molecule has 0 atom stereocenters. The molecule has 0 saturated carbocycles. The fourth-order valence-electron chi connectivity index (χ4n) is 1.82. The number of hydrogen-bond acceptors (Lipinski definition) is 1. The summed E-state index contributed by atoms with van der Waals surface area (Å²) in [5, 5.41) is 2.83. The fourth-order valence-corrected chi connectivity index (χ4v) is 2.09. The topological polar surface area (TPSA) is 29.1 Å². The number of unbranched alkanes of at least 4 members (excludes halogenated alkanes) is 8. The summed E-state index contributed by atoms with van der Waals surface area (Å²) in [7, 11) is 0. The first-order valence-corrected chi connectivity index (χ1v) is 8.81. The zero-order chi connectivity index (χ0) is 13.5. The van der Waals surface area contributed by atoms with Gasteiger partial charge in [-0.3, -0.25) is 4.79 Å². The molecule has 0 unspecified atom stereocenters. The number of allylic oxidation sites excluding steroid dienone is 1. The predicted octanol–water partition coefficient (Wildman–Crippen LogP) is 4.62. The van der Waals surface area contributed by atoms with E-state index in [1.54, 1.807) is 0 Å². The van der Waals surface area contributed by atoms with Crippen LogP contribution in [-0.2, 0) is 4.79 Å². The molecule has 2 nitrogen and oxygen atoms in total. The standard InChI is InChI=1S/C15H28INO/c1-2-3-4-5-6-7-8-9-10-11-12-13-17-15(18)14-16/h11-12H,2-10,13-14H2,1H3,(H,17,18)/b12-11+. The van der Waals surface area contributed by atoms with Crippen molar-refractivity contribution in [2.24, 2.45) is 0 Å². The van der Waals surface area contributed by atoms with Crippen LogP contribution >= 0.6 is 22.6 Å². The second-order valence-electron chi connectivity index (χ2n) is 4.67. The molecular formula is C15H28INO. The maximum Gasteiger partial charge on any atom is 0.230 e. The summed E-state index contributed by atoms with van der Waals surface area (Å²) >= 11 is 2.07. The number of halogens is 1. The Kier molecular flexibility index (Phi) is 14.9. The van der Waals surface area contributed by atoms with E-state index in [2.05, 4.69) is 47.0 Å². The van der Waals surface area contributed by atoms with E-state index in [0.717, 1.165) is 6.42 Å². The van der Waals surface area contributed by atoms with Crippen molar-refractivity contribution in [2.45, 2.75) is 64.7 Å². The Labute approximate surface area is 126 Å². The molecule has 1 N–H and O–H groups in total. The minimum atomic E-state index is 0.118. The number of carbonyl (C=O) groups is 1. The Bertz CT molecular complexity index is 217. The lowest BCUT2D eigenvalue weighted by atomic mass is 10.1. The van der Waals surface area contributed by atoms with E-state index in [0.29, 0.717) is 11.0 Å². The van der Waals surface area contributed by atoms with Crippen LogP contribution in [0.1, 0.15) is 64.7 Å². The summed E-state index contributed by atoms with van der Waals surface area (Å²) in [6.45, 7) is 2.94. The van der Waals surface area contributed by atoms with Gasteiger partial charge >= 0.3 is 0 Å². The van der Waals surface area contributed by atoms with Crippen LogP contribution in [0.25, 0.3) is 0 Å². The molecule has 0 heterocycles. The molecule has 106 valence electrons. The highest BCUT2D eigenvalue weighted by Crippen LogP contribution is 2.09. The number of nitrogens with one attached hydrogen (secondary N) is 1. The highest BCUT2D eigenvalue weighted by molar-refractivity contribution is 14.1. The number of hydrogen-bond donors (Lipinski definition) is 1. The van der Waals surface area contributed by atoms with Crippen LogP contribution in [0.15, 0.2) is 12.2 Å². The van der Waals surface area contributed by atoms with Crippen LogP contribution in [0.2, 0.25) is 0 Å². The average molecular weight is 365 g/mol. The first-order valence-electron chi connectivity index (χ1n) is 7.29. The molecule has 0 aromatic heterocycles. The van der Waals surface area contributed by atoms with Crippen molar-refractivity contribution in [3.8, 4) is 0 Å². The third-order valence-corrected chi connectivity index (χ3v) is 3.62. The molecule has 0 radical (unpaired) electrons. The number of rotatable bonds is 12. The van der Waals surface area contributed by atoms with E-state index in [1.807, 2.05) is 0 Å². The molecule has 0 bridgehead atoms. The summed E-state index contributed by atoms with van der Waals surface area (Å²) in [6.07, 6.45) is 16.3. The van der Waals surface area contributed by atoms with E-state index in [1.165, 1.54) is 51.4 Å². The van der Waals surface area contributed by atoms with Gasteiger partial charge in [0.25, 0.3) is 0 Å². The Hall–Kier alpha value is -0.0600. The van der Waals surface area contributed by atoms with E-state index in [4.69, 9.17) is 0 Å². The Morgan fingerprint density at radius 2 is 1.61 bits per heavy atom. The third-order valence-electron chi connectivity index (χ3n) is 2.93. The average Bonchev–Trinajstić information content (AvgIpc) is 2.39. The maximum absolute atomic E-state index is 10.9. The Morgan fingerprint density at radius 3 is 2.22 bits per heavy atom. The zero-order valence-electron chi connectivity index (χ0n) is 11.7. The molecule has 0 spiro atoms. The summed E-state index contributed by atoms with van der Waals surface area (Å²) < 4.78 is 0.545. The van der Waals surface area contributed by atoms with Gasteiger partial charge in [0.1, 0.15) is 0 Å². The van der Waals surface area contributed by atoms with Crippen molar-refractivity contribution in [2.75, 3.05) is 11.0 Å². The fraction of sp³-hybridized carbons (Fsp3) is 0.800. The van der Waals surface area contributed by atoms with Gasteiger partial charge in [-0.25, -0.2) is 0 Å². The second-order valence-corrected chi connectivity index (χ2v) is 5.44. The highest BCUT2D eigenvalue weighted by atomic mass is 127. The molecule has 1 amide bonds. The van der Waals surface area contributed by atoms with Crippen LogP contribution in [0.4, 0.5) is 0 Å². The lowest BCUT2D eigenvalue weighted by molar-refractivity contribution is -0.118. The van der Waals surface area contributed by atoms with Gasteiger partial charge in [-0.2, -0.15) is 0 Å². The smallest absolute Gasteiger partial charge is 0.230 e. The van der Waals surface area contributed by atoms with Crippen molar-refractivity contribution >= 4 is 28.5 Å². The maximum atomic E-state index is 10.9. The zero-order valence-corrected chi connectivity index (χ0v) is 13.9. The minimum absolute atomic E-state index is 0.118. The summed E-state index contributed by atoms with van der Waals surface area (Å²) in [4.78, 5) is 10.9. The van der Waals surface area contributed by atoms with E-state index < -0.39 is 0 Å². The number of alkyl halides is 1. The van der Waals surface area contributed by atoms with Gasteiger partial charge in [-0.1, -0.05) is 86.6 Å². The number of amides is 1. The lowest BCUT2D eigenvalue weighted by Crippen LogP contribution is -2.23. The predicted molar refractivity (Wildman–Crippen MR) is 88.3 cm³/mol. The van der Waals surface area contributed by atoms with Crippen LogP contribution in [0.3, 0.4) is 0 Å². The monoisotopic (exact) mass is 365 g/mol. The van der Waals surface area contributed by atoms with Crippen molar-refractivity contribution in [1.29, 1.82) is 0 Å². The molecule has 0 aliphatic carbocycles. The lowest BCUT2D eigenvalue weighted by Gasteiger charge is -2.00. The number of carbonyl (C=O) groups excluding carboxylic acids is 1. The van der Waals surface area contributed by atoms with E-state index in [9.17, 15) is 4.79 Å². The SMILES string of the molecule is CCCCCCCCCC/C=C/CNC(=O)CI. The van der Waals surface area contributed by atoms with Crippen LogP contribution in [0.5, 0.6) is 0 Å². The van der Waals surface area contributed by atoms with Crippen LogP contribution < -0.4 is 5.32 Å². The molecule has 0 rings (SSSR count). The Balaban J connectivity index is 3.10. The third kappa shape index (κ3) is 14.0.